The van der Waals surface area contributed by atoms with Gasteiger partial charge in [-0.15, -0.1) is 0 Å². The van der Waals surface area contributed by atoms with Crippen molar-refractivity contribution in [1.29, 1.82) is 0 Å². The summed E-state index contributed by atoms with van der Waals surface area (Å²) < 4.78 is 5.25. The molecule has 3 aromatic carbocycles. The minimum atomic E-state index is -1.17. The number of nitrogens with two attached hydrogens (primary N) is 1. The molecule has 1 atom stereocenters. The van der Waals surface area contributed by atoms with Gasteiger partial charge < -0.3 is 20.5 Å². The van der Waals surface area contributed by atoms with Gasteiger partial charge in [-0.05, 0) is 72.6 Å². The number of hydrogen-bond acceptors (Lipinski definition) is 4. The fourth-order valence-corrected chi connectivity index (χ4v) is 5.10. The van der Waals surface area contributed by atoms with Gasteiger partial charge in [0.25, 0.3) is 5.91 Å². The molecule has 0 aliphatic rings. The van der Waals surface area contributed by atoms with E-state index in [-0.39, 0.29) is 5.91 Å². The third kappa shape index (κ3) is 7.20. The SMILES string of the molecule is CCc1ccc(Cl)c(-c2ccccc2)c1C(O)(CCCCOC)CCN(C)C(=O)c1ccc(CN)cc1. The first-order valence-corrected chi connectivity index (χ1v) is 13.4. The molecule has 6 heteroatoms. The predicted octanol–water partition coefficient (Wildman–Crippen LogP) is 6.19. The molecule has 0 saturated carbocycles. The Morgan fingerprint density at radius 3 is 2.35 bits per heavy atom. The average Bonchev–Trinajstić information content (AvgIpc) is 2.94. The van der Waals surface area contributed by atoms with Crippen LogP contribution in [-0.4, -0.2) is 43.2 Å². The molecule has 0 aromatic heterocycles. The Hall–Kier alpha value is -2.70. The van der Waals surface area contributed by atoms with Crippen molar-refractivity contribution in [2.75, 3.05) is 27.3 Å². The molecule has 0 heterocycles. The van der Waals surface area contributed by atoms with Crippen LogP contribution in [0, 0.1) is 0 Å². The second-order valence-electron chi connectivity index (χ2n) is 9.54. The molecule has 1 unspecified atom stereocenters. The zero-order valence-corrected chi connectivity index (χ0v) is 22.9. The van der Waals surface area contributed by atoms with Crippen LogP contribution >= 0.6 is 11.6 Å². The van der Waals surface area contributed by atoms with Gasteiger partial charge in [-0.25, -0.2) is 0 Å². The van der Waals surface area contributed by atoms with E-state index in [2.05, 4.69) is 6.92 Å². The number of ether oxygens (including phenoxy) is 1. The van der Waals surface area contributed by atoms with Crippen LogP contribution in [0.4, 0.5) is 0 Å². The summed E-state index contributed by atoms with van der Waals surface area (Å²) in [6.45, 7) is 3.55. The van der Waals surface area contributed by atoms with Crippen molar-refractivity contribution in [1.82, 2.24) is 4.90 Å². The second kappa shape index (κ2) is 13.7. The minimum absolute atomic E-state index is 0.0876. The van der Waals surface area contributed by atoms with Gasteiger partial charge in [0.15, 0.2) is 0 Å². The van der Waals surface area contributed by atoms with E-state index in [1.54, 1.807) is 31.2 Å². The van der Waals surface area contributed by atoms with E-state index in [9.17, 15) is 9.90 Å². The van der Waals surface area contributed by atoms with E-state index in [4.69, 9.17) is 22.1 Å². The second-order valence-corrected chi connectivity index (χ2v) is 9.94. The van der Waals surface area contributed by atoms with E-state index < -0.39 is 5.60 Å². The molecule has 198 valence electrons. The number of amides is 1. The summed E-state index contributed by atoms with van der Waals surface area (Å²) in [6, 6.07) is 21.3. The highest BCUT2D eigenvalue weighted by Gasteiger charge is 2.35. The first-order valence-electron chi connectivity index (χ1n) is 13.0. The number of unbranched alkanes of at least 4 members (excludes halogenated alkanes) is 1. The molecular weight excluding hydrogens is 484 g/mol. The summed E-state index contributed by atoms with van der Waals surface area (Å²) >= 11 is 6.80. The third-order valence-corrected chi connectivity index (χ3v) is 7.30. The maximum Gasteiger partial charge on any atom is 0.253 e. The molecule has 0 aliphatic heterocycles. The topological polar surface area (TPSA) is 75.8 Å². The highest BCUT2D eigenvalue weighted by atomic mass is 35.5. The largest absolute Gasteiger partial charge is 0.385 e. The molecule has 3 aromatic rings. The highest BCUT2D eigenvalue weighted by Crippen LogP contribution is 2.43. The van der Waals surface area contributed by atoms with Crippen LogP contribution in [0.25, 0.3) is 11.1 Å². The summed E-state index contributed by atoms with van der Waals surface area (Å²) in [5.41, 5.74) is 9.85. The average molecular weight is 523 g/mol. The van der Waals surface area contributed by atoms with Gasteiger partial charge in [0.1, 0.15) is 0 Å². The number of aliphatic hydroxyl groups is 1. The van der Waals surface area contributed by atoms with Crippen molar-refractivity contribution >= 4 is 17.5 Å². The summed E-state index contributed by atoms with van der Waals surface area (Å²) in [6.07, 6.45) is 3.30. The van der Waals surface area contributed by atoms with Gasteiger partial charge in [-0.2, -0.15) is 0 Å². The lowest BCUT2D eigenvalue weighted by atomic mass is 9.78. The Balaban J connectivity index is 1.97. The van der Waals surface area contributed by atoms with Crippen LogP contribution in [0.2, 0.25) is 5.02 Å². The van der Waals surface area contributed by atoms with Crippen LogP contribution in [-0.2, 0) is 23.3 Å². The van der Waals surface area contributed by atoms with Crippen molar-refractivity contribution in [2.24, 2.45) is 5.73 Å². The number of carbonyl (C=O) groups excluding carboxylic acids is 1. The van der Waals surface area contributed by atoms with Crippen molar-refractivity contribution in [2.45, 2.75) is 51.2 Å². The lowest BCUT2D eigenvalue weighted by Crippen LogP contribution is -2.36. The number of aryl methyl sites for hydroxylation is 1. The first-order chi connectivity index (χ1) is 17.8. The molecular formula is C31H39ClN2O3. The van der Waals surface area contributed by atoms with Gasteiger partial charge in [0.05, 0.1) is 5.60 Å². The van der Waals surface area contributed by atoms with Gasteiger partial charge in [0.2, 0.25) is 0 Å². The van der Waals surface area contributed by atoms with E-state index in [0.717, 1.165) is 47.1 Å². The zero-order valence-electron chi connectivity index (χ0n) is 22.2. The standard InChI is InChI=1S/C31H39ClN2O3/c1-4-24-16-17-27(32)28(25-10-6-5-7-11-25)29(24)31(36,18-8-9-21-37-3)19-20-34(2)30(35)26-14-12-23(22-33)13-15-26/h5-7,10-17,36H,4,8-9,18-22,33H2,1-3H3. The maximum absolute atomic E-state index is 13.1. The normalized spacial score (nSPS) is 12.8. The lowest BCUT2D eigenvalue weighted by molar-refractivity contribution is 0.00734. The summed E-state index contributed by atoms with van der Waals surface area (Å²) in [5.74, 6) is -0.0876. The van der Waals surface area contributed by atoms with Crippen LogP contribution in [0.1, 0.15) is 59.7 Å². The molecule has 0 spiro atoms. The molecule has 37 heavy (non-hydrogen) atoms. The molecule has 5 nitrogen and oxygen atoms in total. The molecule has 0 radical (unpaired) electrons. The van der Waals surface area contributed by atoms with Gasteiger partial charge in [-0.1, -0.05) is 67.1 Å². The fourth-order valence-electron chi connectivity index (χ4n) is 4.83. The van der Waals surface area contributed by atoms with Crippen molar-refractivity contribution in [3.05, 3.63) is 94.0 Å². The van der Waals surface area contributed by atoms with Crippen LogP contribution in [0.3, 0.4) is 0 Å². The molecule has 3 N–H and O–H groups in total. The van der Waals surface area contributed by atoms with E-state index >= 15 is 0 Å². The van der Waals surface area contributed by atoms with E-state index in [1.807, 2.05) is 54.6 Å². The quantitative estimate of drug-likeness (QED) is 0.262. The number of hydrogen-bond donors (Lipinski definition) is 2. The fraction of sp³-hybridized carbons (Fsp3) is 0.387. The minimum Gasteiger partial charge on any atom is -0.385 e. The zero-order chi connectivity index (χ0) is 26.8. The number of carbonyl (C=O) groups is 1. The molecule has 0 bridgehead atoms. The smallest absolute Gasteiger partial charge is 0.253 e. The van der Waals surface area contributed by atoms with Gasteiger partial charge in [-0.3, -0.25) is 4.79 Å². The van der Waals surface area contributed by atoms with Crippen molar-refractivity contribution in [3.8, 4) is 11.1 Å². The first kappa shape index (κ1) is 28.9. The van der Waals surface area contributed by atoms with E-state index in [1.165, 1.54) is 0 Å². The highest BCUT2D eigenvalue weighted by molar-refractivity contribution is 6.33. The Labute approximate surface area is 226 Å². The molecule has 0 aliphatic carbocycles. The molecule has 3 rings (SSSR count). The third-order valence-electron chi connectivity index (χ3n) is 6.98. The van der Waals surface area contributed by atoms with Crippen LogP contribution < -0.4 is 5.73 Å². The van der Waals surface area contributed by atoms with Crippen molar-refractivity contribution in [3.63, 3.8) is 0 Å². The Morgan fingerprint density at radius 1 is 1.03 bits per heavy atom. The van der Waals surface area contributed by atoms with Crippen LogP contribution in [0.5, 0.6) is 0 Å². The summed E-state index contributed by atoms with van der Waals surface area (Å²) in [4.78, 5) is 14.8. The summed E-state index contributed by atoms with van der Waals surface area (Å²) in [5, 5.41) is 13.0. The Bertz CT molecular complexity index is 1150. The monoisotopic (exact) mass is 522 g/mol. The lowest BCUT2D eigenvalue weighted by Gasteiger charge is -2.35. The maximum atomic E-state index is 13.1. The number of nitrogens with zero attached hydrogens (tertiary/aromatic N) is 1. The molecule has 0 fully saturated rings. The number of rotatable bonds is 13. The Kier molecular flexibility index (Phi) is 10.7. The van der Waals surface area contributed by atoms with E-state index in [0.29, 0.717) is 43.1 Å². The van der Waals surface area contributed by atoms with Gasteiger partial charge in [0, 0.05) is 50.0 Å². The number of halogens is 1. The van der Waals surface area contributed by atoms with Crippen LogP contribution in [0.15, 0.2) is 66.7 Å². The summed E-state index contributed by atoms with van der Waals surface area (Å²) in [7, 11) is 3.47. The van der Waals surface area contributed by atoms with Gasteiger partial charge >= 0.3 is 0 Å². The van der Waals surface area contributed by atoms with Crippen molar-refractivity contribution < 1.29 is 14.6 Å². The number of methoxy groups -OCH3 is 1. The Morgan fingerprint density at radius 2 is 1.73 bits per heavy atom. The predicted molar refractivity (Wildman–Crippen MR) is 152 cm³/mol. The molecule has 0 saturated heterocycles. The molecule has 1 amide bonds. The number of benzene rings is 3.